The van der Waals surface area contributed by atoms with Crippen molar-refractivity contribution in [2.75, 3.05) is 0 Å². The van der Waals surface area contributed by atoms with Crippen LogP contribution in [0.25, 0.3) is 0 Å². The van der Waals surface area contributed by atoms with Crippen LogP contribution >= 0.6 is 0 Å². The number of nitrogens with two attached hydrogens (primary N) is 1. The highest BCUT2D eigenvalue weighted by molar-refractivity contribution is 5.87. The molecule has 0 saturated heterocycles. The summed E-state index contributed by atoms with van der Waals surface area (Å²) in [4.78, 5) is 4.47. The predicted octanol–water partition coefficient (Wildman–Crippen LogP) is 3.84. The van der Waals surface area contributed by atoms with Gasteiger partial charge >= 0.3 is 0 Å². The first kappa shape index (κ1) is 12.8. The first-order valence-electron chi connectivity index (χ1n) is 5.75. The summed E-state index contributed by atoms with van der Waals surface area (Å²) in [6.07, 6.45) is 0. The molecule has 0 atom stereocenters. The van der Waals surface area contributed by atoms with E-state index in [0.717, 1.165) is 5.69 Å². The molecule has 0 fully saturated rings. The Bertz CT molecular complexity index is 384. The molecule has 0 unspecified atom stereocenters. The Morgan fingerprint density at radius 2 is 1.88 bits per heavy atom. The summed E-state index contributed by atoms with van der Waals surface area (Å²) >= 11 is 0. The second kappa shape index (κ2) is 4.69. The second-order valence-corrected chi connectivity index (χ2v) is 5.50. The van der Waals surface area contributed by atoms with Crippen molar-refractivity contribution in [2.24, 2.45) is 16.1 Å². The standard InChI is InChI=1S/C14H22N2/c1-10(2)11-7-6-8-12(9-11)16-13(15)14(3,4)5/h6-10H,1-5H3,(H2,15,16). The highest BCUT2D eigenvalue weighted by Gasteiger charge is 2.15. The Labute approximate surface area is 98.6 Å². The Hall–Kier alpha value is -1.31. The van der Waals surface area contributed by atoms with Crippen molar-refractivity contribution in [3.8, 4) is 0 Å². The molecule has 1 rings (SSSR count). The normalized spacial score (nSPS) is 13.2. The molecule has 0 saturated carbocycles. The highest BCUT2D eigenvalue weighted by Crippen LogP contribution is 2.22. The maximum atomic E-state index is 5.96. The van der Waals surface area contributed by atoms with Crippen molar-refractivity contribution in [3.05, 3.63) is 29.8 Å². The smallest absolute Gasteiger partial charge is 0.105 e. The Morgan fingerprint density at radius 3 is 2.38 bits per heavy atom. The van der Waals surface area contributed by atoms with E-state index in [1.54, 1.807) is 0 Å². The highest BCUT2D eigenvalue weighted by atomic mass is 14.9. The van der Waals surface area contributed by atoms with Crippen LogP contribution in [0.3, 0.4) is 0 Å². The summed E-state index contributed by atoms with van der Waals surface area (Å²) in [6.45, 7) is 10.6. The maximum Gasteiger partial charge on any atom is 0.105 e. The Balaban J connectivity index is 3.02. The van der Waals surface area contributed by atoms with Gasteiger partial charge in [0, 0.05) is 5.41 Å². The lowest BCUT2D eigenvalue weighted by Gasteiger charge is -2.17. The topological polar surface area (TPSA) is 38.4 Å². The molecule has 2 heteroatoms. The van der Waals surface area contributed by atoms with Gasteiger partial charge in [-0.15, -0.1) is 0 Å². The van der Waals surface area contributed by atoms with Crippen LogP contribution in [-0.2, 0) is 0 Å². The summed E-state index contributed by atoms with van der Waals surface area (Å²) < 4.78 is 0. The quantitative estimate of drug-likeness (QED) is 0.594. The first-order valence-corrected chi connectivity index (χ1v) is 5.75. The van der Waals surface area contributed by atoms with Gasteiger partial charge in [0.2, 0.25) is 0 Å². The van der Waals surface area contributed by atoms with Gasteiger partial charge in [-0.25, -0.2) is 4.99 Å². The lowest BCUT2D eigenvalue weighted by Crippen LogP contribution is -2.28. The van der Waals surface area contributed by atoms with Gasteiger partial charge in [0.25, 0.3) is 0 Å². The zero-order valence-electron chi connectivity index (χ0n) is 10.9. The molecule has 0 heterocycles. The molecule has 2 nitrogen and oxygen atoms in total. The predicted molar refractivity (Wildman–Crippen MR) is 71.3 cm³/mol. The molecule has 2 N–H and O–H groups in total. The maximum absolute atomic E-state index is 5.96. The van der Waals surface area contributed by atoms with Gasteiger partial charge in [0.15, 0.2) is 0 Å². The van der Waals surface area contributed by atoms with E-state index < -0.39 is 0 Å². The molecule has 0 bridgehead atoms. The van der Waals surface area contributed by atoms with E-state index in [1.807, 2.05) is 12.1 Å². The number of hydrogen-bond acceptors (Lipinski definition) is 1. The lowest BCUT2D eigenvalue weighted by atomic mass is 9.95. The van der Waals surface area contributed by atoms with Crippen LogP contribution in [-0.4, -0.2) is 5.84 Å². The van der Waals surface area contributed by atoms with E-state index in [1.165, 1.54) is 5.56 Å². The first-order chi connectivity index (χ1) is 7.30. The average Bonchev–Trinajstić information content (AvgIpc) is 2.16. The van der Waals surface area contributed by atoms with Crippen LogP contribution in [0, 0.1) is 5.41 Å². The molecule has 0 aliphatic rings. The van der Waals surface area contributed by atoms with Crippen LogP contribution in [0.4, 0.5) is 5.69 Å². The molecule has 88 valence electrons. The van der Waals surface area contributed by atoms with Crippen molar-refractivity contribution in [1.29, 1.82) is 0 Å². The number of rotatable bonds is 2. The minimum atomic E-state index is -0.0756. The minimum absolute atomic E-state index is 0.0756. The number of aliphatic imine (C=N–C) groups is 1. The molecule has 0 spiro atoms. The summed E-state index contributed by atoms with van der Waals surface area (Å²) in [5, 5.41) is 0. The van der Waals surface area contributed by atoms with E-state index in [4.69, 9.17) is 5.73 Å². The summed E-state index contributed by atoms with van der Waals surface area (Å²) in [6, 6.07) is 8.24. The summed E-state index contributed by atoms with van der Waals surface area (Å²) in [5.41, 5.74) is 8.12. The zero-order valence-corrected chi connectivity index (χ0v) is 10.9. The molecule has 0 aliphatic carbocycles. The van der Waals surface area contributed by atoms with Gasteiger partial charge in [-0.1, -0.05) is 46.8 Å². The minimum Gasteiger partial charge on any atom is -0.387 e. The van der Waals surface area contributed by atoms with Crippen molar-refractivity contribution < 1.29 is 0 Å². The van der Waals surface area contributed by atoms with Gasteiger partial charge in [-0.2, -0.15) is 0 Å². The largest absolute Gasteiger partial charge is 0.387 e. The number of nitrogens with zero attached hydrogens (tertiary/aromatic N) is 1. The molecule has 1 aromatic rings. The molecule has 0 radical (unpaired) electrons. The van der Waals surface area contributed by atoms with Gasteiger partial charge in [-0.05, 0) is 23.6 Å². The number of benzene rings is 1. The molecule has 0 amide bonds. The second-order valence-electron chi connectivity index (χ2n) is 5.50. The third-order valence-electron chi connectivity index (χ3n) is 2.55. The lowest BCUT2D eigenvalue weighted by molar-refractivity contribution is 0.585. The van der Waals surface area contributed by atoms with Crippen molar-refractivity contribution in [2.45, 2.75) is 40.5 Å². The van der Waals surface area contributed by atoms with Crippen molar-refractivity contribution >= 4 is 11.5 Å². The van der Waals surface area contributed by atoms with Gasteiger partial charge in [0.1, 0.15) is 5.84 Å². The fourth-order valence-electron chi connectivity index (χ4n) is 1.26. The van der Waals surface area contributed by atoms with Crippen LogP contribution in [0.2, 0.25) is 0 Å². The zero-order chi connectivity index (χ0) is 12.3. The van der Waals surface area contributed by atoms with Gasteiger partial charge in [0.05, 0.1) is 5.69 Å². The van der Waals surface area contributed by atoms with Crippen LogP contribution in [0.1, 0.15) is 46.1 Å². The average molecular weight is 218 g/mol. The van der Waals surface area contributed by atoms with E-state index >= 15 is 0 Å². The summed E-state index contributed by atoms with van der Waals surface area (Å²) in [5.74, 6) is 1.19. The number of amidine groups is 1. The van der Waals surface area contributed by atoms with Crippen LogP contribution in [0.5, 0.6) is 0 Å². The molecular formula is C14H22N2. The number of hydrogen-bond donors (Lipinski definition) is 1. The third kappa shape index (κ3) is 3.37. The monoisotopic (exact) mass is 218 g/mol. The molecule has 1 aromatic carbocycles. The molecular weight excluding hydrogens is 196 g/mol. The SMILES string of the molecule is CC(C)c1cccc(N=C(N)C(C)(C)C)c1. The van der Waals surface area contributed by atoms with Crippen LogP contribution in [0.15, 0.2) is 29.3 Å². The van der Waals surface area contributed by atoms with Gasteiger partial charge in [-0.3, -0.25) is 0 Å². The van der Waals surface area contributed by atoms with E-state index in [-0.39, 0.29) is 5.41 Å². The summed E-state index contributed by atoms with van der Waals surface area (Å²) in [7, 11) is 0. The van der Waals surface area contributed by atoms with E-state index in [2.05, 4.69) is 51.7 Å². The third-order valence-corrected chi connectivity index (χ3v) is 2.55. The van der Waals surface area contributed by atoms with E-state index in [9.17, 15) is 0 Å². The Kier molecular flexibility index (Phi) is 3.74. The van der Waals surface area contributed by atoms with Gasteiger partial charge < -0.3 is 5.73 Å². The van der Waals surface area contributed by atoms with Crippen molar-refractivity contribution in [3.63, 3.8) is 0 Å². The van der Waals surface area contributed by atoms with E-state index in [0.29, 0.717) is 11.8 Å². The van der Waals surface area contributed by atoms with Crippen molar-refractivity contribution in [1.82, 2.24) is 0 Å². The Morgan fingerprint density at radius 1 is 1.25 bits per heavy atom. The van der Waals surface area contributed by atoms with Crippen LogP contribution < -0.4 is 5.73 Å². The molecule has 0 aromatic heterocycles. The fraction of sp³-hybridized carbons (Fsp3) is 0.500. The molecule has 16 heavy (non-hydrogen) atoms. The fourth-order valence-corrected chi connectivity index (χ4v) is 1.26. The molecule has 0 aliphatic heterocycles.